The van der Waals surface area contributed by atoms with Crippen molar-refractivity contribution in [3.05, 3.63) is 94.3 Å². The van der Waals surface area contributed by atoms with E-state index in [-0.39, 0.29) is 28.8 Å². The third-order valence-electron chi connectivity index (χ3n) is 5.52. The van der Waals surface area contributed by atoms with Crippen LogP contribution in [0.5, 0.6) is 0 Å². The molecule has 7 heteroatoms. The van der Waals surface area contributed by atoms with Crippen molar-refractivity contribution in [2.45, 2.75) is 31.0 Å². The van der Waals surface area contributed by atoms with Gasteiger partial charge in [-0.1, -0.05) is 36.4 Å². The Morgan fingerprint density at radius 1 is 1.06 bits per heavy atom. The molecule has 2 aromatic rings. The zero-order chi connectivity index (χ0) is 21.8. The Morgan fingerprint density at radius 3 is 2.58 bits per heavy atom. The number of hydrogen-bond acceptors (Lipinski definition) is 3. The van der Waals surface area contributed by atoms with Crippen molar-refractivity contribution >= 4 is 17.4 Å². The molecule has 1 fully saturated rings. The summed E-state index contributed by atoms with van der Waals surface area (Å²) in [4.78, 5) is 13.2. The highest BCUT2D eigenvalue weighted by Crippen LogP contribution is 2.42. The number of ketones is 1. The van der Waals surface area contributed by atoms with E-state index in [9.17, 15) is 22.4 Å². The molecule has 0 bridgehead atoms. The highest BCUT2D eigenvalue weighted by Gasteiger charge is 2.38. The van der Waals surface area contributed by atoms with Crippen molar-refractivity contribution < 1.29 is 27.1 Å². The van der Waals surface area contributed by atoms with Gasteiger partial charge in [0, 0.05) is 6.04 Å². The highest BCUT2D eigenvalue weighted by atomic mass is 19.4. The zero-order valence-electron chi connectivity index (χ0n) is 16.2. The minimum Gasteiger partial charge on any atom is -0.437 e. The number of allylic oxidation sites excluding steroid dienone is 3. The average molecular weight is 427 g/mol. The maximum absolute atomic E-state index is 14.6. The first-order chi connectivity index (χ1) is 14.8. The van der Waals surface area contributed by atoms with Gasteiger partial charge in [0.25, 0.3) is 0 Å². The molecule has 0 aromatic heterocycles. The predicted molar refractivity (Wildman–Crippen MR) is 107 cm³/mol. The monoisotopic (exact) mass is 427 g/mol. The number of hydrogen-bond donors (Lipinski definition) is 1. The van der Waals surface area contributed by atoms with E-state index in [1.54, 1.807) is 24.3 Å². The van der Waals surface area contributed by atoms with Crippen molar-refractivity contribution in [3.8, 4) is 0 Å². The van der Waals surface area contributed by atoms with Gasteiger partial charge in [0.1, 0.15) is 5.83 Å². The Balaban J connectivity index is 1.53. The lowest BCUT2D eigenvalue weighted by atomic mass is 9.96. The van der Waals surface area contributed by atoms with Gasteiger partial charge >= 0.3 is 6.18 Å². The molecular weight excluding hydrogens is 410 g/mol. The fourth-order valence-electron chi connectivity index (χ4n) is 3.80. The number of carbonyl (C=O) groups excluding carboxylic acids is 1. The summed E-state index contributed by atoms with van der Waals surface area (Å²) in [5.41, 5.74) is 0.698. The Bertz CT molecular complexity index is 1170. The van der Waals surface area contributed by atoms with Crippen LogP contribution in [0, 0.1) is 0 Å². The van der Waals surface area contributed by atoms with Crippen LogP contribution in [-0.4, -0.2) is 11.8 Å². The SMILES string of the molecule is O=C1C(c2cccc(C(F)(F)F)c2)=C(NC2CC2)O/C1=C\C1C(F)=Cc2ccccc21. The molecule has 1 unspecified atom stereocenters. The van der Waals surface area contributed by atoms with Crippen LogP contribution in [0.4, 0.5) is 17.6 Å². The second-order valence-electron chi connectivity index (χ2n) is 7.80. The van der Waals surface area contributed by atoms with Crippen LogP contribution in [-0.2, 0) is 15.7 Å². The summed E-state index contributed by atoms with van der Waals surface area (Å²) in [6, 6.07) is 11.8. The van der Waals surface area contributed by atoms with Crippen LogP contribution in [0.25, 0.3) is 11.6 Å². The molecule has 3 nitrogen and oxygen atoms in total. The number of rotatable bonds is 4. The highest BCUT2D eigenvalue weighted by molar-refractivity contribution is 6.30. The van der Waals surface area contributed by atoms with Crippen LogP contribution < -0.4 is 5.32 Å². The van der Waals surface area contributed by atoms with E-state index in [0.29, 0.717) is 5.56 Å². The molecular formula is C24H17F4NO2. The molecule has 2 aliphatic carbocycles. The number of Topliss-reactive ketones (excluding diaryl/α,β-unsaturated/α-hetero) is 1. The van der Waals surface area contributed by atoms with E-state index in [1.807, 2.05) is 0 Å². The standard InChI is InChI=1S/C24H17F4NO2/c25-19-11-13-4-1-2-7-17(13)18(19)12-20-22(30)21(23(31-20)29-16-8-9-16)14-5-3-6-15(10-14)24(26,27)28/h1-7,10-12,16,18,29H,8-9H2/b20-12-. The van der Waals surface area contributed by atoms with Gasteiger partial charge in [-0.05, 0) is 53.8 Å². The van der Waals surface area contributed by atoms with E-state index in [2.05, 4.69) is 5.32 Å². The summed E-state index contributed by atoms with van der Waals surface area (Å²) in [5, 5.41) is 3.08. The first kappa shape index (κ1) is 19.6. The number of ether oxygens (including phenoxy) is 1. The molecule has 0 spiro atoms. The van der Waals surface area contributed by atoms with Gasteiger partial charge in [-0.25, -0.2) is 4.39 Å². The lowest BCUT2D eigenvalue weighted by Gasteiger charge is -2.10. The molecule has 1 saturated carbocycles. The largest absolute Gasteiger partial charge is 0.437 e. The minimum absolute atomic E-state index is 0.0277. The van der Waals surface area contributed by atoms with Crippen molar-refractivity contribution in [3.63, 3.8) is 0 Å². The summed E-state index contributed by atoms with van der Waals surface area (Å²) in [6.45, 7) is 0. The van der Waals surface area contributed by atoms with Gasteiger partial charge in [0.2, 0.25) is 11.7 Å². The fourth-order valence-corrected chi connectivity index (χ4v) is 3.80. The number of nitrogens with one attached hydrogen (secondary N) is 1. The second-order valence-corrected chi connectivity index (χ2v) is 7.80. The molecule has 158 valence electrons. The molecule has 0 radical (unpaired) electrons. The van der Waals surface area contributed by atoms with Crippen LogP contribution in [0.2, 0.25) is 0 Å². The van der Waals surface area contributed by atoms with Crippen LogP contribution in [0.15, 0.2) is 72.1 Å². The van der Waals surface area contributed by atoms with Crippen LogP contribution >= 0.6 is 0 Å². The molecule has 1 heterocycles. The first-order valence-corrected chi connectivity index (χ1v) is 9.90. The summed E-state index contributed by atoms with van der Waals surface area (Å²) in [5.74, 6) is -1.75. The van der Waals surface area contributed by atoms with Crippen molar-refractivity contribution in [2.24, 2.45) is 0 Å². The summed E-state index contributed by atoms with van der Waals surface area (Å²) >= 11 is 0. The molecule has 1 aliphatic heterocycles. The summed E-state index contributed by atoms with van der Waals surface area (Å²) < 4.78 is 59.9. The van der Waals surface area contributed by atoms with Gasteiger partial charge in [-0.2, -0.15) is 13.2 Å². The third kappa shape index (κ3) is 3.65. The Morgan fingerprint density at radius 2 is 1.84 bits per heavy atom. The summed E-state index contributed by atoms with van der Waals surface area (Å²) in [6.07, 6.45) is 0.0200. The van der Waals surface area contributed by atoms with Crippen molar-refractivity contribution in [2.75, 3.05) is 0 Å². The van der Waals surface area contributed by atoms with E-state index in [1.165, 1.54) is 24.3 Å². The Hall–Kier alpha value is -3.35. The van der Waals surface area contributed by atoms with E-state index >= 15 is 0 Å². The lowest BCUT2D eigenvalue weighted by Crippen LogP contribution is -2.16. The molecule has 0 saturated heterocycles. The maximum atomic E-state index is 14.6. The van der Waals surface area contributed by atoms with Crippen molar-refractivity contribution in [1.82, 2.24) is 5.32 Å². The molecule has 1 atom stereocenters. The quantitative estimate of drug-likeness (QED) is 0.501. The van der Waals surface area contributed by atoms with Crippen LogP contribution in [0.3, 0.4) is 0 Å². The van der Waals surface area contributed by atoms with Gasteiger partial charge in [0.05, 0.1) is 17.1 Å². The number of carbonyl (C=O) groups is 1. The van der Waals surface area contributed by atoms with Crippen molar-refractivity contribution in [1.29, 1.82) is 0 Å². The number of halogens is 4. The zero-order valence-corrected chi connectivity index (χ0v) is 16.2. The van der Waals surface area contributed by atoms with Gasteiger partial charge in [-0.3, -0.25) is 4.79 Å². The maximum Gasteiger partial charge on any atom is 0.416 e. The average Bonchev–Trinajstić information content (AvgIpc) is 3.42. The normalized spacial score (nSPS) is 21.9. The first-order valence-electron chi connectivity index (χ1n) is 9.90. The summed E-state index contributed by atoms with van der Waals surface area (Å²) in [7, 11) is 0. The molecule has 31 heavy (non-hydrogen) atoms. The molecule has 1 N–H and O–H groups in total. The fraction of sp³-hybridized carbons (Fsp3) is 0.208. The molecule has 2 aromatic carbocycles. The Kier molecular flexibility index (Phi) is 4.50. The van der Waals surface area contributed by atoms with E-state index < -0.39 is 29.3 Å². The van der Waals surface area contributed by atoms with E-state index in [4.69, 9.17) is 4.74 Å². The minimum atomic E-state index is -4.54. The smallest absolute Gasteiger partial charge is 0.416 e. The topological polar surface area (TPSA) is 38.3 Å². The number of fused-ring (bicyclic) bond motifs is 1. The number of benzene rings is 2. The molecule has 3 aliphatic rings. The van der Waals surface area contributed by atoms with Crippen LogP contribution in [0.1, 0.15) is 41.0 Å². The van der Waals surface area contributed by atoms with Gasteiger partial charge < -0.3 is 10.1 Å². The second kappa shape index (κ2) is 7.11. The Labute approximate surface area is 175 Å². The predicted octanol–water partition coefficient (Wildman–Crippen LogP) is 5.72. The lowest BCUT2D eigenvalue weighted by molar-refractivity contribution is -0.137. The number of alkyl halides is 3. The third-order valence-corrected chi connectivity index (χ3v) is 5.52. The van der Waals surface area contributed by atoms with Gasteiger partial charge in [-0.15, -0.1) is 0 Å². The van der Waals surface area contributed by atoms with Gasteiger partial charge in [0.15, 0.2) is 5.76 Å². The molecule has 5 rings (SSSR count). The molecule has 0 amide bonds. The van der Waals surface area contributed by atoms with E-state index in [0.717, 1.165) is 30.5 Å².